The zero-order valence-electron chi connectivity index (χ0n) is 16.7. The van der Waals surface area contributed by atoms with Crippen LogP contribution in [0.4, 0.5) is 0 Å². The van der Waals surface area contributed by atoms with Gasteiger partial charge in [0.2, 0.25) is 15.0 Å². The molecule has 2 aromatic rings. The van der Waals surface area contributed by atoms with Gasteiger partial charge in [0.1, 0.15) is 5.78 Å². The number of carbonyl (C=O) groups is 1. The third-order valence-corrected chi connectivity index (χ3v) is 7.08. The molecule has 28 heavy (non-hydrogen) atoms. The van der Waals surface area contributed by atoms with Gasteiger partial charge in [-0.05, 0) is 24.9 Å². The van der Waals surface area contributed by atoms with Crippen LogP contribution in [0.1, 0.15) is 44.4 Å². The number of likely N-dealkylation sites (tertiary alicyclic amines) is 1. The van der Waals surface area contributed by atoms with E-state index in [2.05, 4.69) is 9.88 Å². The van der Waals surface area contributed by atoms with Crippen molar-refractivity contribution in [1.29, 1.82) is 0 Å². The predicted molar refractivity (Wildman–Crippen MR) is 109 cm³/mol. The lowest BCUT2D eigenvalue weighted by Crippen LogP contribution is -2.38. The molecule has 0 spiro atoms. The van der Waals surface area contributed by atoms with E-state index < -0.39 is 9.84 Å². The fraction of sp³-hybridized carbons (Fsp3) is 0.524. The largest absolute Gasteiger partial charge is 0.313 e. The molecule has 1 atom stereocenters. The summed E-state index contributed by atoms with van der Waals surface area (Å²) in [4.78, 5) is 18.6. The van der Waals surface area contributed by atoms with Gasteiger partial charge in [-0.1, -0.05) is 44.2 Å². The van der Waals surface area contributed by atoms with Gasteiger partial charge in [-0.3, -0.25) is 9.69 Å². The van der Waals surface area contributed by atoms with Crippen LogP contribution < -0.4 is 0 Å². The van der Waals surface area contributed by atoms with Gasteiger partial charge in [0.05, 0.1) is 24.2 Å². The summed E-state index contributed by atoms with van der Waals surface area (Å²) in [5.41, 5.74) is 1.91. The van der Waals surface area contributed by atoms with Crippen molar-refractivity contribution in [2.24, 2.45) is 5.92 Å². The van der Waals surface area contributed by atoms with Gasteiger partial charge in [-0.15, -0.1) is 0 Å². The average Bonchev–Trinajstić information content (AvgIpc) is 3.11. The van der Waals surface area contributed by atoms with Crippen LogP contribution in [0, 0.1) is 5.92 Å². The Morgan fingerprint density at radius 3 is 2.61 bits per heavy atom. The lowest BCUT2D eigenvalue weighted by atomic mass is 9.92. The van der Waals surface area contributed by atoms with Crippen LogP contribution in [-0.4, -0.2) is 47.5 Å². The van der Waals surface area contributed by atoms with Crippen LogP contribution in [0.15, 0.2) is 41.7 Å². The summed E-state index contributed by atoms with van der Waals surface area (Å²) >= 11 is 0. The summed E-state index contributed by atoms with van der Waals surface area (Å²) in [5, 5.41) is 0.132. The smallest absolute Gasteiger partial charge is 0.228 e. The van der Waals surface area contributed by atoms with E-state index >= 15 is 0 Å². The van der Waals surface area contributed by atoms with Crippen molar-refractivity contribution in [1.82, 2.24) is 14.5 Å². The fourth-order valence-corrected chi connectivity index (χ4v) is 4.80. The molecule has 1 aliphatic heterocycles. The first-order chi connectivity index (χ1) is 13.4. The van der Waals surface area contributed by atoms with Crippen molar-refractivity contribution in [3.05, 3.63) is 47.8 Å². The summed E-state index contributed by atoms with van der Waals surface area (Å²) in [6, 6.07) is 9.82. The molecule has 0 bridgehead atoms. The molecule has 1 aromatic carbocycles. The summed E-state index contributed by atoms with van der Waals surface area (Å²) in [7, 11) is -3.42. The van der Waals surface area contributed by atoms with Crippen molar-refractivity contribution in [3.8, 4) is 0 Å². The maximum Gasteiger partial charge on any atom is 0.228 e. The van der Waals surface area contributed by atoms with Crippen molar-refractivity contribution in [3.63, 3.8) is 0 Å². The highest BCUT2D eigenvalue weighted by Gasteiger charge is 2.27. The Balaban J connectivity index is 1.87. The number of sulfone groups is 1. The molecule has 1 fully saturated rings. The number of ketones is 1. The maximum atomic E-state index is 12.6. The number of Topliss-reactive ketones (excluding diaryl/α,β-unsaturated/α-hetero) is 1. The molecule has 2 heterocycles. The molecular formula is C21H29N3O3S. The predicted octanol–water partition coefficient (Wildman–Crippen LogP) is 2.92. The minimum atomic E-state index is -3.42. The van der Waals surface area contributed by atoms with Gasteiger partial charge in [0.25, 0.3) is 0 Å². The molecule has 1 aliphatic rings. The summed E-state index contributed by atoms with van der Waals surface area (Å²) in [6.45, 7) is 6.28. The van der Waals surface area contributed by atoms with Gasteiger partial charge in [-0.25, -0.2) is 13.4 Å². The van der Waals surface area contributed by atoms with Crippen LogP contribution in [0.25, 0.3) is 0 Å². The molecule has 0 radical (unpaired) electrons. The Morgan fingerprint density at radius 1 is 1.18 bits per heavy atom. The minimum Gasteiger partial charge on any atom is -0.313 e. The highest BCUT2D eigenvalue weighted by molar-refractivity contribution is 7.91. The van der Waals surface area contributed by atoms with Gasteiger partial charge >= 0.3 is 0 Å². The highest BCUT2D eigenvalue weighted by atomic mass is 32.2. The molecule has 0 N–H and O–H groups in total. The van der Waals surface area contributed by atoms with Gasteiger partial charge in [-0.2, -0.15) is 0 Å². The molecule has 1 saturated heterocycles. The lowest BCUT2D eigenvalue weighted by Gasteiger charge is -2.32. The topological polar surface area (TPSA) is 72.3 Å². The summed E-state index contributed by atoms with van der Waals surface area (Å²) in [5.74, 6) is 0.425. The maximum absolute atomic E-state index is 12.6. The van der Waals surface area contributed by atoms with E-state index in [1.165, 1.54) is 0 Å². The molecule has 0 unspecified atom stereocenters. The monoisotopic (exact) mass is 403 g/mol. The van der Waals surface area contributed by atoms with E-state index in [4.69, 9.17) is 0 Å². The summed E-state index contributed by atoms with van der Waals surface area (Å²) in [6.07, 6.45) is 4.19. The first-order valence-corrected chi connectivity index (χ1v) is 11.7. The lowest BCUT2D eigenvalue weighted by molar-refractivity contribution is -0.124. The molecule has 1 aromatic heterocycles. The molecule has 3 rings (SSSR count). The second-order valence-electron chi connectivity index (χ2n) is 7.40. The average molecular weight is 404 g/mol. The molecule has 7 heteroatoms. The van der Waals surface area contributed by atoms with Crippen molar-refractivity contribution in [2.75, 3.05) is 18.8 Å². The molecule has 0 amide bonds. The first-order valence-electron chi connectivity index (χ1n) is 10.0. The molecule has 0 saturated carbocycles. The minimum absolute atomic E-state index is 0.0229. The SMILES string of the molecule is CCC(=O)[C@H]1CCCN(Cc2cnc(S(=O)(=O)CC)n2Cc2ccccc2)C1. The first kappa shape index (κ1) is 20.7. The van der Waals surface area contributed by atoms with E-state index in [1.54, 1.807) is 13.1 Å². The number of carbonyl (C=O) groups excluding carboxylic acids is 1. The standard InChI is InChI=1S/C21H29N3O3S/c1-3-20(25)18-11-8-12-23(15-18)16-19-13-22-21(28(26,27)4-2)24(19)14-17-9-6-5-7-10-17/h5-7,9-10,13,18H,3-4,8,11-12,14-16H2,1-2H3/t18-/m0/s1. The van der Waals surface area contributed by atoms with E-state index in [0.717, 1.165) is 37.2 Å². The Labute approximate surface area is 167 Å². The Kier molecular flexibility index (Phi) is 6.67. The second kappa shape index (κ2) is 9.01. The molecular weight excluding hydrogens is 374 g/mol. The van der Waals surface area contributed by atoms with Crippen molar-refractivity contribution < 1.29 is 13.2 Å². The Bertz CT molecular complexity index is 906. The normalized spacial score (nSPS) is 18.3. The Morgan fingerprint density at radius 2 is 1.93 bits per heavy atom. The molecule has 6 nitrogen and oxygen atoms in total. The van der Waals surface area contributed by atoms with Crippen LogP contribution in [0.2, 0.25) is 0 Å². The zero-order valence-corrected chi connectivity index (χ0v) is 17.5. The van der Waals surface area contributed by atoms with Gasteiger partial charge in [0.15, 0.2) is 0 Å². The number of imidazole rings is 1. The highest BCUT2D eigenvalue weighted by Crippen LogP contribution is 2.22. The number of benzene rings is 1. The van der Waals surface area contributed by atoms with E-state index in [0.29, 0.717) is 25.3 Å². The van der Waals surface area contributed by atoms with E-state index in [9.17, 15) is 13.2 Å². The third kappa shape index (κ3) is 4.70. The number of rotatable bonds is 8. The van der Waals surface area contributed by atoms with Crippen molar-refractivity contribution in [2.45, 2.75) is 51.4 Å². The van der Waals surface area contributed by atoms with Gasteiger partial charge < -0.3 is 4.57 Å². The van der Waals surface area contributed by atoms with E-state index in [-0.39, 0.29) is 16.8 Å². The molecule has 152 valence electrons. The molecule has 0 aliphatic carbocycles. The zero-order chi connectivity index (χ0) is 20.1. The van der Waals surface area contributed by atoms with Crippen LogP contribution in [0.5, 0.6) is 0 Å². The van der Waals surface area contributed by atoms with Crippen LogP contribution in [0.3, 0.4) is 0 Å². The number of aromatic nitrogens is 2. The van der Waals surface area contributed by atoms with Crippen molar-refractivity contribution >= 4 is 15.6 Å². The summed E-state index contributed by atoms with van der Waals surface area (Å²) < 4.78 is 26.9. The number of piperidine rings is 1. The van der Waals surface area contributed by atoms with Crippen LogP contribution in [-0.2, 0) is 27.7 Å². The Hall–Kier alpha value is -1.99. The quantitative estimate of drug-likeness (QED) is 0.678. The van der Waals surface area contributed by atoms with Crippen LogP contribution >= 0.6 is 0 Å². The number of hydrogen-bond acceptors (Lipinski definition) is 5. The second-order valence-corrected chi connectivity index (χ2v) is 9.57. The van der Waals surface area contributed by atoms with E-state index in [1.807, 2.05) is 41.8 Å². The fourth-order valence-electron chi connectivity index (χ4n) is 3.81. The number of hydrogen-bond donors (Lipinski definition) is 0. The third-order valence-electron chi connectivity index (χ3n) is 5.44. The number of nitrogens with zero attached hydrogens (tertiary/aromatic N) is 3. The van der Waals surface area contributed by atoms with Gasteiger partial charge in [0, 0.05) is 25.4 Å².